The summed E-state index contributed by atoms with van der Waals surface area (Å²) in [6, 6.07) is 0. The number of rotatable bonds is 0. The van der Waals surface area contributed by atoms with Gasteiger partial charge in [0.1, 0.15) is 0 Å². The Morgan fingerprint density at radius 3 is 0.500 bits per heavy atom. The van der Waals surface area contributed by atoms with Crippen molar-refractivity contribution in [1.82, 2.24) is 0 Å². The summed E-state index contributed by atoms with van der Waals surface area (Å²) in [5.74, 6) is 0. The van der Waals surface area contributed by atoms with Crippen molar-refractivity contribution in [3.05, 3.63) is 0 Å². The molecular weight excluding hydrogens is 239 g/mol. The van der Waals surface area contributed by atoms with Crippen molar-refractivity contribution < 1.29 is 154 Å². The summed E-state index contributed by atoms with van der Waals surface area (Å²) in [6.07, 6.45) is 0. The van der Waals surface area contributed by atoms with Crippen molar-refractivity contribution in [2.24, 2.45) is 0 Å². The molecule has 0 N–H and O–H groups in total. The van der Waals surface area contributed by atoms with E-state index in [9.17, 15) is 0 Å². The van der Waals surface area contributed by atoms with Crippen LogP contribution in [0, 0.1) is 0 Å². The molecule has 0 aromatic carbocycles. The molecule has 0 nitrogen and oxygen atoms in total. The van der Waals surface area contributed by atoms with Crippen LogP contribution in [0.4, 0.5) is 0 Å². The zero-order chi connectivity index (χ0) is 0. The fraction of sp³-hybridized carbons (Fsp3) is 0. The van der Waals surface area contributed by atoms with Gasteiger partial charge in [0, 0.05) is 24.4 Å². The summed E-state index contributed by atoms with van der Waals surface area (Å²) < 4.78 is 0. The van der Waals surface area contributed by atoms with Crippen LogP contribution in [0.5, 0.6) is 0 Å². The third kappa shape index (κ3) is 10.7. The molecule has 0 aromatic rings. The molecule has 0 fully saturated rings. The molecule has 0 heterocycles. The van der Waals surface area contributed by atoms with Crippen LogP contribution in [0.25, 0.3) is 0 Å². The predicted molar refractivity (Wildman–Crippen MR) is 5.75 cm³/mol. The van der Waals surface area contributed by atoms with Crippen LogP contribution in [0.15, 0.2) is 0 Å². The van der Waals surface area contributed by atoms with Gasteiger partial charge in [-0.1, -0.05) is 0 Å². The molecule has 0 saturated carbocycles. The van der Waals surface area contributed by atoms with Gasteiger partial charge in [0.15, 0.2) is 0 Å². The Morgan fingerprint density at radius 1 is 0.500 bits per heavy atom. The molecule has 0 saturated heterocycles. The number of hydrogen-bond donors (Lipinski definition) is 0. The molecule has 0 bridgehead atoms. The van der Waals surface area contributed by atoms with Gasteiger partial charge in [-0.25, -0.2) is 0 Å². The average molecular weight is 239 g/mol. The van der Waals surface area contributed by atoms with E-state index in [0.29, 0.717) is 0 Å². The molecule has 5 valence electrons. The van der Waals surface area contributed by atoms with Gasteiger partial charge in [-0.3, -0.25) is 0 Å². The Balaban J connectivity index is 0. The van der Waals surface area contributed by atoms with Crippen molar-refractivity contribution in [3.8, 4) is 0 Å². The molecule has 0 amide bonds. The van der Waals surface area contributed by atoms with E-state index in [4.69, 9.17) is 0 Å². The molecule has 4 heavy (non-hydrogen) atoms. The summed E-state index contributed by atoms with van der Waals surface area (Å²) in [4.78, 5) is 0. The minimum absolute atomic E-state index is 0. The second-order valence-electron chi connectivity index (χ2n) is 0. The molecule has 0 aliphatic heterocycles. The van der Waals surface area contributed by atoms with Gasteiger partial charge in [-0.15, -0.1) is 0 Å². The van der Waals surface area contributed by atoms with Crippen LogP contribution in [-0.2, 0) is 0 Å². The third-order valence-electron chi connectivity index (χ3n) is 0. The average Bonchev–Trinajstić information content (AvgIpc) is 0. The molecule has 0 aliphatic carbocycles. The Kier molecular flexibility index (Phi) is 89.7. The Labute approximate surface area is 172 Å². The van der Waals surface area contributed by atoms with Crippen LogP contribution >= 0.6 is 0 Å². The van der Waals surface area contributed by atoms with E-state index in [1.54, 1.807) is 0 Å². The maximum absolute atomic E-state index is 0. The van der Waals surface area contributed by atoms with Gasteiger partial charge in [0.05, 0.1) is 0 Å². The molecule has 0 spiro atoms. The molecule has 0 atom stereocenters. The summed E-state index contributed by atoms with van der Waals surface area (Å²) in [7, 11) is 0. The van der Waals surface area contributed by atoms with Gasteiger partial charge in [0.25, 0.3) is 0 Å². The van der Waals surface area contributed by atoms with Gasteiger partial charge >= 0.3 is 154 Å². The largest absolute Gasteiger partial charge is 1.00 e. The first-order valence-electron chi connectivity index (χ1n) is 0. The van der Waals surface area contributed by atoms with E-state index in [0.717, 1.165) is 0 Å². The van der Waals surface area contributed by atoms with E-state index in [1.807, 2.05) is 0 Å². The van der Waals surface area contributed by atoms with Crippen molar-refractivity contribution in [2.75, 3.05) is 0 Å². The quantitative estimate of drug-likeness (QED) is 0.368. The summed E-state index contributed by atoms with van der Waals surface area (Å²) in [6.45, 7) is 0. The minimum atomic E-state index is 0. The van der Waals surface area contributed by atoms with E-state index in [1.165, 1.54) is 0 Å². The first-order chi connectivity index (χ1) is 0. The minimum Gasteiger partial charge on any atom is 0 e. The SMILES string of the molecule is [K+].[K+].[K+].[Sb]. The standard InChI is InChI=1S/3K.Sb/q3*+1;. The fourth-order valence-electron chi connectivity index (χ4n) is 0. The van der Waals surface area contributed by atoms with Crippen LogP contribution in [0.1, 0.15) is 0 Å². The van der Waals surface area contributed by atoms with Crippen molar-refractivity contribution in [2.45, 2.75) is 0 Å². The molecule has 0 unspecified atom stereocenters. The molecule has 0 rings (SSSR count). The topological polar surface area (TPSA) is 0 Å². The normalized spacial score (nSPS) is 0. The van der Waals surface area contributed by atoms with Crippen molar-refractivity contribution >= 4 is 24.4 Å². The molecule has 0 aliphatic rings. The smallest absolute Gasteiger partial charge is 0 e. The molecule has 3 radical (unpaired) electrons. The fourth-order valence-corrected chi connectivity index (χ4v) is 0. The second-order valence-corrected chi connectivity index (χ2v) is 0. The van der Waals surface area contributed by atoms with Gasteiger partial charge in [-0.05, 0) is 0 Å². The van der Waals surface area contributed by atoms with Gasteiger partial charge in [-0.2, -0.15) is 0 Å². The molecule has 0 aromatic heterocycles. The van der Waals surface area contributed by atoms with E-state index < -0.39 is 0 Å². The second kappa shape index (κ2) is 15.9. The van der Waals surface area contributed by atoms with E-state index in [2.05, 4.69) is 0 Å². The van der Waals surface area contributed by atoms with Gasteiger partial charge < -0.3 is 0 Å². The zero-order valence-corrected chi connectivity index (χ0v) is 15.4. The predicted octanol–water partition coefficient (Wildman–Crippen LogP) is -9.37. The Bertz CT molecular complexity index is 3.25. The van der Waals surface area contributed by atoms with E-state index >= 15 is 0 Å². The maximum atomic E-state index is 0. The Hall–Kier alpha value is 5.73. The summed E-state index contributed by atoms with van der Waals surface area (Å²) >= 11 is 0. The van der Waals surface area contributed by atoms with Crippen LogP contribution in [0.3, 0.4) is 0 Å². The summed E-state index contributed by atoms with van der Waals surface area (Å²) in [5.41, 5.74) is 0. The van der Waals surface area contributed by atoms with Crippen molar-refractivity contribution in [3.63, 3.8) is 0 Å². The zero-order valence-electron chi connectivity index (χ0n) is 3.45. The number of hydrogen-bond acceptors (Lipinski definition) is 0. The van der Waals surface area contributed by atoms with Crippen LogP contribution in [-0.4, -0.2) is 24.4 Å². The molecular formula is K3Sb+3. The maximum Gasteiger partial charge on any atom is 1.00 e. The summed E-state index contributed by atoms with van der Waals surface area (Å²) in [5, 5.41) is 0. The van der Waals surface area contributed by atoms with Crippen molar-refractivity contribution in [1.29, 1.82) is 0 Å². The van der Waals surface area contributed by atoms with E-state index in [-0.39, 0.29) is 179 Å². The first kappa shape index (κ1) is 22.6. The van der Waals surface area contributed by atoms with Gasteiger partial charge in [0.2, 0.25) is 0 Å². The Morgan fingerprint density at radius 2 is 0.500 bits per heavy atom. The first-order valence-corrected chi connectivity index (χ1v) is 0. The third-order valence-corrected chi connectivity index (χ3v) is 0. The van der Waals surface area contributed by atoms with Crippen LogP contribution < -0.4 is 154 Å². The molecule has 4 heteroatoms. The monoisotopic (exact) mass is 238 g/mol. The van der Waals surface area contributed by atoms with Crippen LogP contribution in [0.2, 0.25) is 0 Å².